The molecule has 0 fully saturated rings. The molecule has 134 valence electrons. The molecule has 1 N–H and O–H groups in total. The molecule has 0 radical (unpaired) electrons. The van der Waals surface area contributed by atoms with Gasteiger partial charge in [0.1, 0.15) is 0 Å². The SMILES string of the molecule is CCn1nc(C)c(CNC(=O)[C@H](C)N2CCc3ccccc3C2)c1C. The van der Waals surface area contributed by atoms with E-state index in [0.717, 1.165) is 43.0 Å². The molecule has 0 bridgehead atoms. The number of rotatable bonds is 5. The van der Waals surface area contributed by atoms with Crippen molar-refractivity contribution in [1.29, 1.82) is 0 Å². The lowest BCUT2D eigenvalue weighted by molar-refractivity contribution is -0.126. The molecule has 3 rings (SSSR count). The fraction of sp³-hybridized carbons (Fsp3) is 0.500. The van der Waals surface area contributed by atoms with Crippen LogP contribution in [0.15, 0.2) is 24.3 Å². The van der Waals surface area contributed by atoms with Gasteiger partial charge in [-0.1, -0.05) is 24.3 Å². The highest BCUT2D eigenvalue weighted by Gasteiger charge is 2.25. The number of amides is 1. The number of hydrogen-bond donors (Lipinski definition) is 1. The lowest BCUT2D eigenvalue weighted by Gasteiger charge is -2.32. The van der Waals surface area contributed by atoms with Crippen molar-refractivity contribution in [2.75, 3.05) is 6.54 Å². The molecular weight excluding hydrogens is 312 g/mol. The fourth-order valence-corrected chi connectivity index (χ4v) is 3.63. The van der Waals surface area contributed by atoms with Gasteiger partial charge in [-0.25, -0.2) is 0 Å². The molecule has 1 aliphatic heterocycles. The standard InChI is InChI=1S/C20H28N4O/c1-5-24-15(3)19(14(2)22-24)12-21-20(25)16(4)23-11-10-17-8-6-7-9-18(17)13-23/h6-9,16H,5,10-13H2,1-4H3,(H,21,25)/t16-/m0/s1. The molecular formula is C20H28N4O. The van der Waals surface area contributed by atoms with Crippen LogP contribution in [-0.2, 0) is 30.8 Å². The fourth-order valence-electron chi connectivity index (χ4n) is 3.63. The van der Waals surface area contributed by atoms with Crippen LogP contribution in [-0.4, -0.2) is 33.2 Å². The Morgan fingerprint density at radius 2 is 2.00 bits per heavy atom. The molecule has 1 aliphatic rings. The second kappa shape index (κ2) is 7.40. The van der Waals surface area contributed by atoms with Gasteiger partial charge >= 0.3 is 0 Å². The van der Waals surface area contributed by atoms with Crippen molar-refractivity contribution >= 4 is 5.91 Å². The maximum Gasteiger partial charge on any atom is 0.237 e. The first-order chi connectivity index (χ1) is 12.0. The largest absolute Gasteiger partial charge is 0.351 e. The smallest absolute Gasteiger partial charge is 0.237 e. The molecule has 0 saturated heterocycles. The van der Waals surface area contributed by atoms with E-state index in [1.807, 2.05) is 18.5 Å². The molecule has 2 heterocycles. The Bertz CT molecular complexity index is 765. The molecule has 0 unspecified atom stereocenters. The Labute approximate surface area is 150 Å². The van der Waals surface area contributed by atoms with Gasteiger partial charge in [0.25, 0.3) is 0 Å². The van der Waals surface area contributed by atoms with Gasteiger partial charge in [-0.15, -0.1) is 0 Å². The summed E-state index contributed by atoms with van der Waals surface area (Å²) in [5.74, 6) is 0.0856. The average molecular weight is 340 g/mol. The van der Waals surface area contributed by atoms with Gasteiger partial charge < -0.3 is 5.32 Å². The second-order valence-electron chi connectivity index (χ2n) is 6.85. The number of carbonyl (C=O) groups is 1. The molecule has 1 aromatic heterocycles. The minimum atomic E-state index is -0.129. The molecule has 1 aromatic carbocycles. The monoisotopic (exact) mass is 340 g/mol. The Morgan fingerprint density at radius 1 is 1.28 bits per heavy atom. The summed E-state index contributed by atoms with van der Waals surface area (Å²) in [6.45, 7) is 11.3. The summed E-state index contributed by atoms with van der Waals surface area (Å²) in [7, 11) is 0. The molecule has 5 heteroatoms. The number of aromatic nitrogens is 2. The third-order valence-corrected chi connectivity index (χ3v) is 5.36. The molecule has 0 aliphatic carbocycles. The zero-order chi connectivity index (χ0) is 18.0. The van der Waals surface area contributed by atoms with Crippen molar-refractivity contribution in [2.45, 2.75) is 59.8 Å². The van der Waals surface area contributed by atoms with E-state index in [2.05, 4.69) is 53.4 Å². The minimum Gasteiger partial charge on any atom is -0.351 e. The molecule has 1 amide bonds. The Hall–Kier alpha value is -2.14. The number of nitrogens with zero attached hydrogens (tertiary/aromatic N) is 3. The molecule has 0 saturated carbocycles. The van der Waals surface area contributed by atoms with Crippen LogP contribution < -0.4 is 5.32 Å². The number of nitrogens with one attached hydrogen (secondary N) is 1. The molecule has 1 atom stereocenters. The van der Waals surface area contributed by atoms with E-state index in [1.165, 1.54) is 11.1 Å². The van der Waals surface area contributed by atoms with Gasteiger partial charge in [-0.2, -0.15) is 5.10 Å². The summed E-state index contributed by atoms with van der Waals surface area (Å²) in [5.41, 5.74) is 6.01. The number of fused-ring (bicyclic) bond motifs is 1. The summed E-state index contributed by atoms with van der Waals surface area (Å²) in [6.07, 6.45) is 1.01. The van der Waals surface area contributed by atoms with E-state index in [9.17, 15) is 4.79 Å². The third kappa shape index (κ3) is 3.61. The minimum absolute atomic E-state index is 0.0856. The Kier molecular flexibility index (Phi) is 5.23. The number of hydrogen-bond acceptors (Lipinski definition) is 3. The highest BCUT2D eigenvalue weighted by molar-refractivity contribution is 5.81. The van der Waals surface area contributed by atoms with Gasteiger partial charge in [0.05, 0.1) is 11.7 Å². The van der Waals surface area contributed by atoms with Crippen molar-refractivity contribution in [1.82, 2.24) is 20.0 Å². The molecule has 0 spiro atoms. The molecule has 5 nitrogen and oxygen atoms in total. The quantitative estimate of drug-likeness (QED) is 0.910. The summed E-state index contributed by atoms with van der Waals surface area (Å²) in [4.78, 5) is 14.9. The van der Waals surface area contributed by atoms with Crippen molar-refractivity contribution in [3.05, 3.63) is 52.3 Å². The van der Waals surface area contributed by atoms with Gasteiger partial charge in [-0.3, -0.25) is 14.4 Å². The normalized spacial score (nSPS) is 15.7. The van der Waals surface area contributed by atoms with E-state index in [1.54, 1.807) is 0 Å². The third-order valence-electron chi connectivity index (χ3n) is 5.36. The average Bonchev–Trinajstić information content (AvgIpc) is 2.91. The van der Waals surface area contributed by atoms with Crippen LogP contribution in [0.3, 0.4) is 0 Å². The van der Waals surface area contributed by atoms with Gasteiger partial charge in [0.2, 0.25) is 5.91 Å². The predicted octanol–water partition coefficient (Wildman–Crippen LogP) is 2.58. The maximum atomic E-state index is 12.6. The number of aryl methyl sites for hydroxylation is 2. The lowest BCUT2D eigenvalue weighted by Crippen LogP contribution is -2.46. The Morgan fingerprint density at radius 3 is 2.68 bits per heavy atom. The van der Waals surface area contributed by atoms with Crippen molar-refractivity contribution < 1.29 is 4.79 Å². The zero-order valence-electron chi connectivity index (χ0n) is 15.7. The van der Waals surface area contributed by atoms with Crippen LogP contribution in [0.25, 0.3) is 0 Å². The number of benzene rings is 1. The summed E-state index contributed by atoms with van der Waals surface area (Å²) in [5, 5.41) is 7.63. The first kappa shape index (κ1) is 17.7. The van der Waals surface area contributed by atoms with Crippen LogP contribution in [0.2, 0.25) is 0 Å². The van der Waals surface area contributed by atoms with E-state index >= 15 is 0 Å². The van der Waals surface area contributed by atoms with Gasteiger partial charge in [-0.05, 0) is 45.2 Å². The van der Waals surface area contributed by atoms with E-state index in [-0.39, 0.29) is 11.9 Å². The van der Waals surface area contributed by atoms with Crippen LogP contribution in [0.5, 0.6) is 0 Å². The number of carbonyl (C=O) groups excluding carboxylic acids is 1. The van der Waals surface area contributed by atoms with Crippen LogP contribution >= 0.6 is 0 Å². The van der Waals surface area contributed by atoms with Crippen molar-refractivity contribution in [2.24, 2.45) is 0 Å². The van der Waals surface area contributed by atoms with Crippen LogP contribution in [0.1, 0.15) is 41.9 Å². The summed E-state index contributed by atoms with van der Waals surface area (Å²) >= 11 is 0. The summed E-state index contributed by atoms with van der Waals surface area (Å²) in [6, 6.07) is 8.39. The topological polar surface area (TPSA) is 50.2 Å². The highest BCUT2D eigenvalue weighted by Crippen LogP contribution is 2.20. The molecule has 25 heavy (non-hydrogen) atoms. The van der Waals surface area contributed by atoms with E-state index < -0.39 is 0 Å². The maximum absolute atomic E-state index is 12.6. The van der Waals surface area contributed by atoms with Crippen LogP contribution in [0, 0.1) is 13.8 Å². The first-order valence-corrected chi connectivity index (χ1v) is 9.12. The highest BCUT2D eigenvalue weighted by atomic mass is 16.2. The molecule has 2 aromatic rings. The Balaban J connectivity index is 1.61. The summed E-state index contributed by atoms with van der Waals surface area (Å²) < 4.78 is 1.99. The second-order valence-corrected chi connectivity index (χ2v) is 6.85. The van der Waals surface area contributed by atoms with Crippen molar-refractivity contribution in [3.63, 3.8) is 0 Å². The van der Waals surface area contributed by atoms with Gasteiger partial charge in [0, 0.05) is 37.4 Å². The zero-order valence-corrected chi connectivity index (χ0v) is 15.7. The van der Waals surface area contributed by atoms with Crippen LogP contribution in [0.4, 0.5) is 0 Å². The van der Waals surface area contributed by atoms with E-state index in [4.69, 9.17) is 0 Å². The van der Waals surface area contributed by atoms with Crippen molar-refractivity contribution in [3.8, 4) is 0 Å². The van der Waals surface area contributed by atoms with E-state index in [0.29, 0.717) is 6.54 Å². The van der Waals surface area contributed by atoms with Gasteiger partial charge in [0.15, 0.2) is 0 Å². The first-order valence-electron chi connectivity index (χ1n) is 9.12. The lowest BCUT2D eigenvalue weighted by atomic mass is 9.99. The predicted molar refractivity (Wildman–Crippen MR) is 99.2 cm³/mol.